The number of fused-ring (bicyclic) bond motifs is 5. The fraction of sp³-hybridized carbons (Fsp3) is 0.727. The fourth-order valence-corrected chi connectivity index (χ4v) is 6.91. The van der Waals surface area contributed by atoms with Gasteiger partial charge in [-0.3, -0.25) is 9.59 Å². The van der Waals surface area contributed by atoms with E-state index in [4.69, 9.17) is 4.74 Å². The van der Waals surface area contributed by atoms with E-state index < -0.39 is 63.7 Å². The smallest absolute Gasteiger partial charge is 0.303 e. The highest BCUT2D eigenvalue weighted by atomic mass is 16.6. The Hall–Kier alpha value is -1.54. The first-order chi connectivity index (χ1) is 13.3. The van der Waals surface area contributed by atoms with Gasteiger partial charge in [0.1, 0.15) is 11.2 Å². The second kappa shape index (κ2) is 5.78. The van der Waals surface area contributed by atoms with Crippen LogP contribution in [0.4, 0.5) is 0 Å². The molecule has 0 aromatic heterocycles. The maximum atomic E-state index is 12.8. The number of Topliss-reactive ketones (excluding diaryl/α,β-unsaturated/α-hetero) is 1. The van der Waals surface area contributed by atoms with E-state index in [1.54, 1.807) is 26.0 Å². The van der Waals surface area contributed by atoms with E-state index in [2.05, 4.69) is 0 Å². The standard InChI is InChI=1S/C22H30O7/c1-10-6-15-20(27,17(10)25)8-13(9-23)7-14-16-19(4,5)22(16,29-12(3)24)18(26)11(2)21(14,15)28/h6-7,11,14-16,18,23,26-28H,8-9H2,1-5H3/t11-,14+,15?,16-,18-,20-,21-,22-/m1/s1. The molecule has 0 spiro atoms. The van der Waals surface area contributed by atoms with Crippen molar-refractivity contribution in [3.8, 4) is 0 Å². The van der Waals surface area contributed by atoms with E-state index in [1.807, 2.05) is 13.8 Å². The summed E-state index contributed by atoms with van der Waals surface area (Å²) in [5.74, 6) is -3.77. The molecule has 0 saturated heterocycles. The first kappa shape index (κ1) is 20.7. The average Bonchev–Trinajstić information content (AvgIpc) is 3.06. The number of ketones is 1. The number of carbonyl (C=O) groups is 2. The van der Waals surface area contributed by atoms with Crippen LogP contribution in [0.15, 0.2) is 23.3 Å². The summed E-state index contributed by atoms with van der Waals surface area (Å²) in [6, 6.07) is 0. The van der Waals surface area contributed by atoms with Gasteiger partial charge in [0, 0.05) is 42.4 Å². The molecule has 0 radical (unpaired) electrons. The van der Waals surface area contributed by atoms with Crippen LogP contribution in [0.3, 0.4) is 0 Å². The molecular formula is C22H30O7. The van der Waals surface area contributed by atoms with Crippen molar-refractivity contribution in [3.05, 3.63) is 23.3 Å². The molecule has 4 N–H and O–H groups in total. The Morgan fingerprint density at radius 2 is 1.90 bits per heavy atom. The van der Waals surface area contributed by atoms with Crippen LogP contribution in [0.25, 0.3) is 0 Å². The van der Waals surface area contributed by atoms with Gasteiger partial charge in [-0.1, -0.05) is 32.9 Å². The van der Waals surface area contributed by atoms with Gasteiger partial charge in [0.15, 0.2) is 5.78 Å². The predicted molar refractivity (Wildman–Crippen MR) is 102 cm³/mol. The molecule has 4 aliphatic carbocycles. The highest BCUT2D eigenvalue weighted by molar-refractivity contribution is 6.04. The maximum absolute atomic E-state index is 12.8. The molecule has 29 heavy (non-hydrogen) atoms. The van der Waals surface area contributed by atoms with E-state index in [0.29, 0.717) is 11.1 Å². The van der Waals surface area contributed by atoms with E-state index >= 15 is 0 Å². The molecule has 7 heteroatoms. The quantitative estimate of drug-likeness (QED) is 0.389. The van der Waals surface area contributed by atoms with Crippen molar-refractivity contribution < 1.29 is 34.8 Å². The number of ether oxygens (including phenoxy) is 1. The van der Waals surface area contributed by atoms with Crippen molar-refractivity contribution in [1.82, 2.24) is 0 Å². The first-order valence-corrected chi connectivity index (χ1v) is 10.2. The number of esters is 1. The minimum Gasteiger partial charge on any atom is -0.456 e. The zero-order valence-corrected chi connectivity index (χ0v) is 17.5. The van der Waals surface area contributed by atoms with Gasteiger partial charge in [0.05, 0.1) is 18.3 Å². The summed E-state index contributed by atoms with van der Waals surface area (Å²) < 4.78 is 5.70. The highest BCUT2D eigenvalue weighted by Crippen LogP contribution is 2.76. The molecule has 0 amide bonds. The Morgan fingerprint density at radius 1 is 1.28 bits per heavy atom. The summed E-state index contributed by atoms with van der Waals surface area (Å²) in [5, 5.41) is 44.7. The van der Waals surface area contributed by atoms with Crippen LogP contribution in [-0.2, 0) is 14.3 Å². The molecule has 2 saturated carbocycles. The predicted octanol–water partition coefficient (Wildman–Crippen LogP) is 0.501. The van der Waals surface area contributed by atoms with Crippen LogP contribution < -0.4 is 0 Å². The molecule has 0 bridgehead atoms. The Balaban J connectivity index is 1.94. The Labute approximate surface area is 170 Å². The lowest BCUT2D eigenvalue weighted by Crippen LogP contribution is -2.65. The Morgan fingerprint density at radius 3 is 2.45 bits per heavy atom. The summed E-state index contributed by atoms with van der Waals surface area (Å²) in [5.41, 5.74) is -4.52. The number of aliphatic hydroxyl groups is 4. The van der Waals surface area contributed by atoms with Crippen LogP contribution in [0.1, 0.15) is 41.0 Å². The van der Waals surface area contributed by atoms with Crippen LogP contribution in [0, 0.1) is 29.1 Å². The minimum atomic E-state index is -1.88. The fourth-order valence-electron chi connectivity index (χ4n) is 6.91. The van der Waals surface area contributed by atoms with Crippen LogP contribution >= 0.6 is 0 Å². The third kappa shape index (κ3) is 2.17. The molecule has 1 unspecified atom stereocenters. The lowest BCUT2D eigenvalue weighted by atomic mass is 9.59. The molecule has 160 valence electrons. The average molecular weight is 406 g/mol. The molecular weight excluding hydrogens is 376 g/mol. The molecule has 0 aliphatic heterocycles. The number of hydrogen-bond acceptors (Lipinski definition) is 7. The Bertz CT molecular complexity index is 857. The van der Waals surface area contributed by atoms with Gasteiger partial charge in [0.2, 0.25) is 0 Å². The lowest BCUT2D eigenvalue weighted by molar-refractivity contribution is -0.218. The minimum absolute atomic E-state index is 0.0871. The van der Waals surface area contributed by atoms with Gasteiger partial charge in [-0.15, -0.1) is 0 Å². The normalized spacial score (nSPS) is 49.8. The van der Waals surface area contributed by atoms with Gasteiger partial charge >= 0.3 is 5.97 Å². The summed E-state index contributed by atoms with van der Waals surface area (Å²) >= 11 is 0. The first-order valence-electron chi connectivity index (χ1n) is 10.2. The third-order valence-corrected chi connectivity index (χ3v) is 8.31. The van der Waals surface area contributed by atoms with Crippen molar-refractivity contribution in [3.63, 3.8) is 0 Å². The zero-order valence-electron chi connectivity index (χ0n) is 17.5. The van der Waals surface area contributed by atoms with E-state index in [0.717, 1.165) is 0 Å². The highest BCUT2D eigenvalue weighted by Gasteiger charge is 2.86. The lowest BCUT2D eigenvalue weighted by Gasteiger charge is -2.52. The summed E-state index contributed by atoms with van der Waals surface area (Å²) in [6.45, 7) is 7.96. The van der Waals surface area contributed by atoms with Crippen molar-refractivity contribution in [1.29, 1.82) is 0 Å². The number of rotatable bonds is 2. The van der Waals surface area contributed by atoms with Crippen LogP contribution in [0.2, 0.25) is 0 Å². The van der Waals surface area contributed by atoms with Crippen molar-refractivity contribution in [2.75, 3.05) is 6.61 Å². The molecule has 4 aliphatic rings. The third-order valence-electron chi connectivity index (χ3n) is 8.31. The monoisotopic (exact) mass is 406 g/mol. The summed E-state index contributed by atoms with van der Waals surface area (Å²) in [7, 11) is 0. The topological polar surface area (TPSA) is 124 Å². The molecule has 7 nitrogen and oxygen atoms in total. The van der Waals surface area contributed by atoms with Crippen LogP contribution in [-0.4, -0.2) is 61.7 Å². The molecule has 0 aromatic rings. The van der Waals surface area contributed by atoms with Gasteiger partial charge in [0.25, 0.3) is 0 Å². The largest absolute Gasteiger partial charge is 0.456 e. The summed E-state index contributed by atoms with van der Waals surface area (Å²) in [4.78, 5) is 24.7. The number of carbonyl (C=O) groups excluding carboxylic acids is 2. The van der Waals surface area contributed by atoms with Crippen molar-refractivity contribution in [2.24, 2.45) is 29.1 Å². The van der Waals surface area contributed by atoms with Crippen molar-refractivity contribution in [2.45, 2.75) is 63.9 Å². The summed E-state index contributed by atoms with van der Waals surface area (Å²) in [6.07, 6.45) is 2.06. The van der Waals surface area contributed by atoms with Gasteiger partial charge in [-0.05, 0) is 18.1 Å². The second-order valence-electron chi connectivity index (χ2n) is 9.97. The van der Waals surface area contributed by atoms with Gasteiger partial charge in [-0.25, -0.2) is 0 Å². The molecule has 4 rings (SSSR count). The molecule has 0 heterocycles. The van der Waals surface area contributed by atoms with Gasteiger partial charge < -0.3 is 25.2 Å². The molecule has 0 aromatic carbocycles. The van der Waals surface area contributed by atoms with E-state index in [9.17, 15) is 30.0 Å². The van der Waals surface area contributed by atoms with Gasteiger partial charge in [-0.2, -0.15) is 0 Å². The van der Waals surface area contributed by atoms with Crippen molar-refractivity contribution >= 4 is 11.8 Å². The molecule has 8 atom stereocenters. The number of aliphatic hydroxyl groups excluding tert-OH is 2. The second-order valence-corrected chi connectivity index (χ2v) is 9.97. The molecule has 2 fully saturated rings. The number of hydrogen-bond donors (Lipinski definition) is 4. The SMILES string of the molecule is CC(=O)O[C@@]12[C@H](O)[C@@H](C)[C@]3(O)C4C=C(C)C(=O)[C@@]4(O)CC(CO)=C[C@H]3[C@@H]1C2(C)C. The zero-order chi connectivity index (χ0) is 21.7. The van der Waals surface area contributed by atoms with E-state index in [1.165, 1.54) is 6.92 Å². The maximum Gasteiger partial charge on any atom is 0.303 e. The van der Waals surface area contributed by atoms with E-state index in [-0.39, 0.29) is 13.0 Å². The Kier molecular flexibility index (Phi) is 4.13. The van der Waals surface area contributed by atoms with Crippen LogP contribution in [0.5, 0.6) is 0 Å².